The molecular weight excluding hydrogens is 589 g/mol. The highest BCUT2D eigenvalue weighted by atomic mass is 19.4. The minimum absolute atomic E-state index is 0.0734. The van der Waals surface area contributed by atoms with Gasteiger partial charge < -0.3 is 19.5 Å². The number of nitrogens with one attached hydrogen (secondary N) is 1. The lowest BCUT2D eigenvalue weighted by atomic mass is 9.34. The van der Waals surface area contributed by atoms with Crippen molar-refractivity contribution in [1.29, 1.82) is 0 Å². The number of alkyl halides is 3. The summed E-state index contributed by atoms with van der Waals surface area (Å²) in [7, 11) is 3.62. The van der Waals surface area contributed by atoms with Gasteiger partial charge in [-0.2, -0.15) is 13.2 Å². The number of likely N-dealkylation sites (tertiary alicyclic amines) is 1. The number of methoxy groups -OCH3 is 2. The molecule has 46 heavy (non-hydrogen) atoms. The SMILES string of the molecule is COc1ccc2c3c1O[C@H]1[C@@]4(OC)CC[C@@]5(C[C@@H]4c4cccc(NCc6ccc(C(F)(F)F)cc6)c4)[C@@H](C2)N(CC2CC2)CC[C@]315. The van der Waals surface area contributed by atoms with Crippen molar-refractivity contribution in [3.05, 3.63) is 88.5 Å². The lowest BCUT2D eigenvalue weighted by Crippen LogP contribution is -2.80. The number of hydrogen-bond donors (Lipinski definition) is 1. The van der Waals surface area contributed by atoms with Crippen LogP contribution >= 0.6 is 0 Å². The summed E-state index contributed by atoms with van der Waals surface area (Å²) in [6, 6.07) is 18.9. The van der Waals surface area contributed by atoms with E-state index in [0.29, 0.717) is 12.6 Å². The second kappa shape index (κ2) is 9.89. The molecule has 242 valence electrons. The van der Waals surface area contributed by atoms with Crippen LogP contribution in [0.3, 0.4) is 0 Å². The Morgan fingerprint density at radius 1 is 1.00 bits per heavy atom. The van der Waals surface area contributed by atoms with Gasteiger partial charge in [-0.15, -0.1) is 0 Å². The smallest absolute Gasteiger partial charge is 0.416 e. The maximum atomic E-state index is 13.1. The van der Waals surface area contributed by atoms with Crippen molar-refractivity contribution in [3.63, 3.8) is 0 Å². The molecule has 6 atom stereocenters. The summed E-state index contributed by atoms with van der Waals surface area (Å²) in [6.07, 6.45) is 3.53. The molecule has 2 aliphatic heterocycles. The molecule has 0 unspecified atom stereocenters. The zero-order valence-electron chi connectivity index (χ0n) is 26.5. The molecule has 0 amide bonds. The summed E-state index contributed by atoms with van der Waals surface area (Å²) < 4.78 is 59.1. The van der Waals surface area contributed by atoms with E-state index < -0.39 is 17.3 Å². The van der Waals surface area contributed by atoms with Gasteiger partial charge in [-0.1, -0.05) is 30.3 Å². The van der Waals surface area contributed by atoms with E-state index in [0.717, 1.165) is 79.4 Å². The first-order valence-electron chi connectivity index (χ1n) is 16.9. The van der Waals surface area contributed by atoms with E-state index in [1.807, 2.05) is 13.2 Å². The standard InChI is InChI=1S/C38H41F3N2O3/c1-44-30-13-10-26-19-31-35-14-15-37(45-2,34-36(35,32(26)33(30)46-34)16-17-43(31)22-24-6-7-24)29(20-35)25-4-3-5-28(18-25)42-21-23-8-11-27(12-9-23)38(39,40)41/h3-5,8-13,18,24,29,31,34,42H,6-7,14-17,19-22H2,1-2H3/t29-,31-,34-,35-,36+,37-/m1/s1. The van der Waals surface area contributed by atoms with Crippen LogP contribution in [0.2, 0.25) is 0 Å². The number of benzene rings is 3. The number of halogens is 3. The molecule has 2 heterocycles. The fraction of sp³-hybridized carbons (Fsp3) is 0.526. The number of hydrogen-bond acceptors (Lipinski definition) is 5. The van der Waals surface area contributed by atoms with Crippen molar-refractivity contribution < 1.29 is 27.4 Å². The average molecular weight is 631 g/mol. The molecular formula is C38H41F3N2O3. The Hall–Kier alpha value is -3.23. The highest BCUT2D eigenvalue weighted by molar-refractivity contribution is 5.64. The molecule has 1 saturated heterocycles. The van der Waals surface area contributed by atoms with E-state index in [-0.39, 0.29) is 22.9 Å². The molecule has 10 rings (SSSR count). The van der Waals surface area contributed by atoms with Crippen LogP contribution in [0.5, 0.6) is 11.5 Å². The second-order valence-corrected chi connectivity index (χ2v) is 14.8. The number of nitrogens with zero attached hydrogens (tertiary/aromatic N) is 1. The minimum Gasteiger partial charge on any atom is -0.493 e. The third-order valence-electron chi connectivity index (χ3n) is 12.9. The molecule has 0 aromatic heterocycles. The zero-order valence-corrected chi connectivity index (χ0v) is 26.5. The Balaban J connectivity index is 1.09. The van der Waals surface area contributed by atoms with Gasteiger partial charge >= 0.3 is 6.18 Å². The molecule has 2 spiro atoms. The van der Waals surface area contributed by atoms with E-state index in [4.69, 9.17) is 14.2 Å². The Labute approximate surface area is 268 Å². The first-order valence-corrected chi connectivity index (χ1v) is 16.9. The lowest BCUT2D eigenvalue weighted by molar-refractivity contribution is -0.261. The Morgan fingerprint density at radius 2 is 1.83 bits per heavy atom. The minimum atomic E-state index is -4.34. The number of rotatable bonds is 8. The van der Waals surface area contributed by atoms with Gasteiger partial charge in [0, 0.05) is 54.2 Å². The van der Waals surface area contributed by atoms with E-state index in [1.165, 1.54) is 36.1 Å². The fourth-order valence-electron chi connectivity index (χ4n) is 10.8. The molecule has 5 aliphatic carbocycles. The summed E-state index contributed by atoms with van der Waals surface area (Å²) in [6.45, 7) is 2.75. The highest BCUT2D eigenvalue weighted by Crippen LogP contribution is 2.78. The number of anilines is 1. The van der Waals surface area contributed by atoms with E-state index >= 15 is 0 Å². The highest BCUT2D eigenvalue weighted by Gasteiger charge is 2.80. The Kier molecular flexibility index (Phi) is 6.23. The molecule has 4 saturated carbocycles. The van der Waals surface area contributed by atoms with Crippen molar-refractivity contribution in [1.82, 2.24) is 4.90 Å². The van der Waals surface area contributed by atoms with Crippen LogP contribution in [0.1, 0.15) is 72.3 Å². The topological polar surface area (TPSA) is 43.0 Å². The van der Waals surface area contributed by atoms with E-state index in [9.17, 15) is 13.2 Å². The van der Waals surface area contributed by atoms with Crippen molar-refractivity contribution in [2.45, 2.75) is 86.7 Å². The summed E-state index contributed by atoms with van der Waals surface area (Å²) in [4.78, 5) is 2.86. The van der Waals surface area contributed by atoms with Crippen molar-refractivity contribution in [2.24, 2.45) is 11.3 Å². The van der Waals surface area contributed by atoms with Gasteiger partial charge in [0.15, 0.2) is 11.5 Å². The van der Waals surface area contributed by atoms with Gasteiger partial charge in [-0.3, -0.25) is 4.90 Å². The van der Waals surface area contributed by atoms with Crippen LogP contribution in [0.25, 0.3) is 0 Å². The van der Waals surface area contributed by atoms with Crippen LogP contribution in [0.15, 0.2) is 60.7 Å². The average Bonchev–Trinajstić information content (AvgIpc) is 3.81. The van der Waals surface area contributed by atoms with Gasteiger partial charge in [-0.25, -0.2) is 0 Å². The number of ether oxygens (including phenoxy) is 3. The molecule has 4 bridgehead atoms. The summed E-state index contributed by atoms with van der Waals surface area (Å²) in [5, 5.41) is 3.48. The van der Waals surface area contributed by atoms with Crippen molar-refractivity contribution in [2.75, 3.05) is 32.6 Å². The Bertz CT molecular complexity index is 1690. The first-order chi connectivity index (χ1) is 22.2. The van der Waals surface area contributed by atoms with Gasteiger partial charge in [0.2, 0.25) is 0 Å². The van der Waals surface area contributed by atoms with Crippen LogP contribution in [-0.2, 0) is 29.3 Å². The van der Waals surface area contributed by atoms with Crippen molar-refractivity contribution in [3.8, 4) is 11.5 Å². The van der Waals surface area contributed by atoms with Gasteiger partial charge in [0.25, 0.3) is 0 Å². The second-order valence-electron chi connectivity index (χ2n) is 14.8. The summed E-state index contributed by atoms with van der Waals surface area (Å²) >= 11 is 0. The molecule has 7 aliphatic rings. The number of piperidine rings is 1. The Morgan fingerprint density at radius 3 is 2.57 bits per heavy atom. The third-order valence-corrected chi connectivity index (χ3v) is 12.9. The molecule has 1 N–H and O–H groups in total. The van der Waals surface area contributed by atoms with Gasteiger partial charge in [0.05, 0.1) is 12.7 Å². The van der Waals surface area contributed by atoms with E-state index in [1.54, 1.807) is 19.2 Å². The number of fused-ring (bicyclic) bond motifs is 2. The maximum absolute atomic E-state index is 13.1. The fourth-order valence-corrected chi connectivity index (χ4v) is 10.8. The molecule has 8 heteroatoms. The van der Waals surface area contributed by atoms with Gasteiger partial charge in [-0.05, 0) is 104 Å². The normalized spacial score (nSPS) is 33.8. The molecule has 5 nitrogen and oxygen atoms in total. The largest absolute Gasteiger partial charge is 0.493 e. The van der Waals surface area contributed by atoms with Gasteiger partial charge in [0.1, 0.15) is 11.7 Å². The van der Waals surface area contributed by atoms with E-state index in [2.05, 4.69) is 40.5 Å². The summed E-state index contributed by atoms with van der Waals surface area (Å²) in [5.74, 6) is 2.75. The molecule has 0 radical (unpaired) electrons. The van der Waals surface area contributed by atoms with Crippen LogP contribution in [0, 0.1) is 11.3 Å². The van der Waals surface area contributed by atoms with Crippen LogP contribution in [0.4, 0.5) is 18.9 Å². The van der Waals surface area contributed by atoms with Crippen LogP contribution < -0.4 is 14.8 Å². The van der Waals surface area contributed by atoms with Crippen LogP contribution in [-0.4, -0.2) is 50.0 Å². The predicted octanol–water partition coefficient (Wildman–Crippen LogP) is 7.72. The third kappa shape index (κ3) is 3.83. The monoisotopic (exact) mass is 630 g/mol. The molecule has 3 aromatic rings. The zero-order chi connectivity index (χ0) is 31.5. The van der Waals surface area contributed by atoms with Crippen molar-refractivity contribution >= 4 is 5.69 Å². The quantitative estimate of drug-likeness (QED) is 0.276. The first kappa shape index (κ1) is 29.0. The molecule has 3 aromatic carbocycles. The lowest BCUT2D eigenvalue weighted by Gasteiger charge is -2.74. The maximum Gasteiger partial charge on any atom is 0.416 e. The molecule has 5 fully saturated rings. The summed E-state index contributed by atoms with van der Waals surface area (Å²) in [5.41, 5.74) is 4.69. The predicted molar refractivity (Wildman–Crippen MR) is 169 cm³/mol.